The van der Waals surface area contributed by atoms with E-state index >= 15 is 8.78 Å². The van der Waals surface area contributed by atoms with E-state index in [9.17, 15) is 9.59 Å². The number of hydrogen-bond donors (Lipinski definition) is 0. The number of rotatable bonds is 3. The molecule has 7 nitrogen and oxygen atoms in total. The van der Waals surface area contributed by atoms with Crippen LogP contribution in [0.2, 0.25) is 0 Å². The number of halogens is 2. The van der Waals surface area contributed by atoms with Crippen molar-refractivity contribution in [3.05, 3.63) is 81.7 Å². The van der Waals surface area contributed by atoms with Crippen LogP contribution < -0.4 is 5.56 Å². The van der Waals surface area contributed by atoms with Gasteiger partial charge < -0.3 is 9.47 Å². The molecule has 0 unspecified atom stereocenters. The Bertz CT molecular complexity index is 1510. The average molecular weight is 441 g/mol. The van der Waals surface area contributed by atoms with E-state index in [1.54, 1.807) is 20.2 Å². The average Bonchev–Trinajstić information content (AvgIpc) is 3.24. The summed E-state index contributed by atoms with van der Waals surface area (Å²) in [5.74, 6) is -2.34. The lowest BCUT2D eigenvalue weighted by Gasteiger charge is -2.33. The molecule has 0 bridgehead atoms. The second kappa shape index (κ2) is 7.13. The Hall–Kier alpha value is -3.75. The van der Waals surface area contributed by atoms with Crippen LogP contribution in [0.1, 0.15) is 21.6 Å². The lowest BCUT2D eigenvalue weighted by molar-refractivity contribution is 0.0727. The second-order valence-corrected chi connectivity index (χ2v) is 8.02. The van der Waals surface area contributed by atoms with Gasteiger partial charge in [-0.1, -0.05) is 0 Å². The molecule has 0 atom stereocenters. The van der Waals surface area contributed by atoms with Crippen molar-refractivity contribution in [1.82, 2.24) is 24.2 Å². The van der Waals surface area contributed by atoms with Gasteiger partial charge in [0.25, 0.3) is 11.5 Å². The summed E-state index contributed by atoms with van der Waals surface area (Å²) in [6.45, 7) is -0.490. The topological polar surface area (TPSA) is 73.0 Å². The minimum atomic E-state index is -1.81. The summed E-state index contributed by atoms with van der Waals surface area (Å²) in [6.07, 6.45) is 4.41. The van der Waals surface area contributed by atoms with Gasteiger partial charge in [0, 0.05) is 48.3 Å². The van der Waals surface area contributed by atoms with Crippen molar-refractivity contribution in [2.75, 3.05) is 0 Å². The maximum Gasteiger partial charge on any atom is 0.276 e. The van der Waals surface area contributed by atoms with E-state index in [1.807, 2.05) is 0 Å². The summed E-state index contributed by atoms with van der Waals surface area (Å²) < 4.78 is 33.1. The van der Waals surface area contributed by atoms with E-state index in [4.69, 9.17) is 15.7 Å². The second-order valence-electron chi connectivity index (χ2n) is 8.02. The van der Waals surface area contributed by atoms with Gasteiger partial charge in [0.2, 0.25) is 0 Å². The zero-order valence-electron chi connectivity index (χ0n) is 17.7. The Labute approximate surface area is 189 Å². The third-order valence-corrected chi connectivity index (χ3v) is 5.95. The smallest absolute Gasteiger partial charge is 0.276 e. The van der Waals surface area contributed by atoms with Gasteiger partial charge in [0.15, 0.2) is 0 Å². The molecule has 0 saturated heterocycles. The number of nitrogens with zero attached hydrogens (tertiary/aromatic N) is 5. The molecule has 4 heterocycles. The molecular weight excluding hydrogens is 426 g/mol. The number of hydrogen-bond acceptors (Lipinski definition) is 4. The van der Waals surface area contributed by atoms with Crippen LogP contribution in [0, 0.1) is 11.6 Å². The number of benzene rings is 1. The molecule has 0 spiro atoms. The summed E-state index contributed by atoms with van der Waals surface area (Å²) in [7, 11) is 15.4. The van der Waals surface area contributed by atoms with Crippen LogP contribution in [0.4, 0.5) is 8.78 Å². The lowest BCUT2D eigenvalue weighted by Crippen LogP contribution is -2.45. The van der Waals surface area contributed by atoms with Crippen molar-refractivity contribution in [3.63, 3.8) is 0 Å². The van der Waals surface area contributed by atoms with Gasteiger partial charge >= 0.3 is 0 Å². The number of aryl methyl sites for hydroxylation is 2. The van der Waals surface area contributed by atoms with E-state index in [2.05, 4.69) is 10.1 Å². The molecule has 160 valence electrons. The number of carbonyl (C=O) groups is 1. The molecular formula is C22H15B2F2N5O2. The third-order valence-electron chi connectivity index (χ3n) is 5.95. The maximum absolute atomic E-state index is 15.2. The number of fused-ring (bicyclic) bond motifs is 2. The molecule has 5 rings (SSSR count). The molecule has 1 amide bonds. The maximum atomic E-state index is 15.2. The summed E-state index contributed by atoms with van der Waals surface area (Å²) in [5.41, 5.74) is 0.628. The van der Waals surface area contributed by atoms with Crippen molar-refractivity contribution in [3.8, 4) is 11.1 Å². The van der Waals surface area contributed by atoms with E-state index in [1.165, 1.54) is 33.9 Å². The highest BCUT2D eigenvalue weighted by Crippen LogP contribution is 2.36. The van der Waals surface area contributed by atoms with Crippen molar-refractivity contribution in [2.24, 2.45) is 14.1 Å². The normalized spacial score (nSPS) is 14.8. The van der Waals surface area contributed by atoms with Crippen molar-refractivity contribution >= 4 is 32.5 Å². The monoisotopic (exact) mass is 441 g/mol. The van der Waals surface area contributed by atoms with Gasteiger partial charge in [-0.05, 0) is 29.8 Å². The first-order valence-corrected chi connectivity index (χ1v) is 9.96. The number of aromatic nitrogens is 4. The number of pyridine rings is 2. The van der Waals surface area contributed by atoms with Crippen molar-refractivity contribution in [1.29, 1.82) is 0 Å². The standard InChI is InChI=1S/C22H15B2F2N5O2/c1-29-9-14(13-8-28-30(2)18(13)21(29)33)11-6-16(25)15(17(26)7-11)10-31-20(32)12-4-3-5-27-19(12)22(31,23)24/h3-9H,10H2,1-2H3. The van der Waals surface area contributed by atoms with Crippen LogP contribution >= 0.6 is 0 Å². The molecule has 0 N–H and O–H groups in total. The SMILES string of the molecule is [B]C1([B])c2ncccc2C(=O)N1Cc1c(F)cc(-c2cn(C)c(=O)c3c2cnn3C)cc1F. The zero-order valence-corrected chi connectivity index (χ0v) is 17.7. The molecule has 3 aromatic heterocycles. The molecule has 11 heteroatoms. The van der Waals surface area contributed by atoms with Gasteiger partial charge in [-0.25, -0.2) is 8.78 Å². The minimum Gasteiger partial charge on any atom is -0.340 e. The highest BCUT2D eigenvalue weighted by Gasteiger charge is 2.43. The van der Waals surface area contributed by atoms with E-state index in [0.717, 1.165) is 17.0 Å². The molecule has 1 aliphatic rings. The molecule has 4 radical (unpaired) electrons. The number of carbonyl (C=O) groups excluding carboxylic acids is 1. The Kier molecular flexibility index (Phi) is 4.56. The first-order valence-electron chi connectivity index (χ1n) is 9.96. The van der Waals surface area contributed by atoms with E-state index < -0.39 is 29.4 Å². The van der Waals surface area contributed by atoms with Gasteiger partial charge in [-0.15, -0.1) is 0 Å². The zero-order chi connectivity index (χ0) is 23.7. The van der Waals surface area contributed by atoms with Crippen LogP contribution in [0.5, 0.6) is 0 Å². The molecule has 0 saturated carbocycles. The van der Waals surface area contributed by atoms with Gasteiger partial charge in [-0.3, -0.25) is 19.3 Å². The largest absolute Gasteiger partial charge is 0.340 e. The summed E-state index contributed by atoms with van der Waals surface area (Å²) in [6, 6.07) is 5.35. The molecule has 4 aromatic rings. The highest BCUT2D eigenvalue weighted by molar-refractivity contribution is 6.42. The van der Waals surface area contributed by atoms with Crippen molar-refractivity contribution in [2.45, 2.75) is 11.9 Å². The Morgan fingerprint density at radius 3 is 2.45 bits per heavy atom. The quantitative estimate of drug-likeness (QED) is 0.454. The van der Waals surface area contributed by atoms with Gasteiger partial charge in [0.1, 0.15) is 17.2 Å². The molecule has 0 aliphatic carbocycles. The fourth-order valence-corrected chi connectivity index (χ4v) is 4.22. The first kappa shape index (κ1) is 21.1. The predicted molar refractivity (Wildman–Crippen MR) is 119 cm³/mol. The van der Waals surface area contributed by atoms with Crippen LogP contribution in [0.15, 0.2) is 47.7 Å². The van der Waals surface area contributed by atoms with E-state index in [0.29, 0.717) is 16.5 Å². The Morgan fingerprint density at radius 2 is 1.79 bits per heavy atom. The molecule has 1 aliphatic heterocycles. The van der Waals surface area contributed by atoms with Crippen LogP contribution in [-0.4, -0.2) is 45.8 Å². The Morgan fingerprint density at radius 1 is 1.09 bits per heavy atom. The van der Waals surface area contributed by atoms with E-state index in [-0.39, 0.29) is 27.9 Å². The molecule has 33 heavy (non-hydrogen) atoms. The summed E-state index contributed by atoms with van der Waals surface area (Å²) >= 11 is 0. The lowest BCUT2D eigenvalue weighted by atomic mass is 9.59. The fourth-order valence-electron chi connectivity index (χ4n) is 4.22. The molecule has 1 aromatic carbocycles. The Balaban J connectivity index is 1.58. The van der Waals surface area contributed by atoms with Gasteiger partial charge in [0.05, 0.1) is 39.7 Å². The third kappa shape index (κ3) is 3.02. The van der Waals surface area contributed by atoms with Crippen LogP contribution in [0.3, 0.4) is 0 Å². The van der Waals surface area contributed by atoms with Crippen LogP contribution in [0.25, 0.3) is 22.0 Å². The fraction of sp³-hybridized carbons (Fsp3) is 0.182. The van der Waals surface area contributed by atoms with Crippen LogP contribution in [-0.2, 0) is 26.0 Å². The minimum absolute atomic E-state index is 0.136. The van der Waals surface area contributed by atoms with Crippen molar-refractivity contribution < 1.29 is 13.6 Å². The summed E-state index contributed by atoms with van der Waals surface area (Å²) in [4.78, 5) is 30.3. The number of amides is 1. The predicted octanol–water partition coefficient (Wildman–Crippen LogP) is 1.72. The molecule has 0 fully saturated rings. The first-order chi connectivity index (χ1) is 15.6. The van der Waals surface area contributed by atoms with Gasteiger partial charge in [-0.2, -0.15) is 5.10 Å². The summed E-state index contributed by atoms with van der Waals surface area (Å²) in [5, 5.41) is 2.75. The highest BCUT2D eigenvalue weighted by atomic mass is 19.1.